The third-order valence-corrected chi connectivity index (χ3v) is 6.54. The van der Waals surface area contributed by atoms with Gasteiger partial charge in [-0.3, -0.25) is 9.59 Å². The number of hydrogen-bond acceptors (Lipinski definition) is 7. The molecule has 8 nitrogen and oxygen atoms in total. The topological polar surface area (TPSA) is 99.2 Å². The molecule has 1 aromatic rings. The maximum absolute atomic E-state index is 12.5. The number of rotatable bonds is 12. The molecule has 1 aliphatic heterocycles. The maximum Gasteiger partial charge on any atom is 0.309 e. The van der Waals surface area contributed by atoms with Crippen LogP contribution in [-0.4, -0.2) is 69.1 Å². The van der Waals surface area contributed by atoms with Crippen molar-refractivity contribution in [3.05, 3.63) is 24.3 Å². The van der Waals surface area contributed by atoms with Gasteiger partial charge in [-0.25, -0.2) is 8.42 Å². The van der Waals surface area contributed by atoms with Crippen molar-refractivity contribution in [2.45, 2.75) is 45.6 Å². The minimum atomic E-state index is -3.10. The van der Waals surface area contributed by atoms with E-state index >= 15 is 0 Å². The smallest absolute Gasteiger partial charge is 0.309 e. The monoisotopic (exact) mass is 441 g/mol. The van der Waals surface area contributed by atoms with Crippen molar-refractivity contribution in [3.8, 4) is 11.5 Å². The summed E-state index contributed by atoms with van der Waals surface area (Å²) in [4.78, 5) is 26.0. The molecule has 9 heteroatoms. The molecule has 30 heavy (non-hydrogen) atoms. The number of carbonyl (C=O) groups is 2. The van der Waals surface area contributed by atoms with Gasteiger partial charge >= 0.3 is 5.97 Å². The third-order valence-electron chi connectivity index (χ3n) is 4.79. The van der Waals surface area contributed by atoms with E-state index in [1.807, 2.05) is 13.8 Å². The summed E-state index contributed by atoms with van der Waals surface area (Å²) in [6, 6.07) is 6.73. The average Bonchev–Trinajstić information content (AvgIpc) is 3.07. The van der Waals surface area contributed by atoms with E-state index in [0.29, 0.717) is 25.3 Å². The van der Waals surface area contributed by atoms with Gasteiger partial charge in [-0.05, 0) is 44.0 Å². The van der Waals surface area contributed by atoms with E-state index in [9.17, 15) is 18.0 Å². The van der Waals surface area contributed by atoms with Crippen LogP contribution >= 0.6 is 0 Å². The van der Waals surface area contributed by atoms with Crippen LogP contribution in [0.3, 0.4) is 0 Å². The molecule has 1 atom stereocenters. The van der Waals surface area contributed by atoms with E-state index in [-0.39, 0.29) is 43.1 Å². The van der Waals surface area contributed by atoms with Gasteiger partial charge in [-0.1, -0.05) is 13.3 Å². The molecule has 1 aromatic carbocycles. The number of unbranched alkanes of at least 4 members (excludes halogenated alkanes) is 1. The summed E-state index contributed by atoms with van der Waals surface area (Å²) in [6.07, 6.45) is 2.09. The summed E-state index contributed by atoms with van der Waals surface area (Å²) >= 11 is 0. The zero-order valence-electron chi connectivity index (χ0n) is 17.7. The number of nitrogens with zero attached hydrogens (tertiary/aromatic N) is 1. The molecule has 1 unspecified atom stereocenters. The SMILES string of the molecule is CCCCN(C(=O)COC(=O)CCOc1ccc(OCC)cc1)C1CCS(=O)(=O)C1. The van der Waals surface area contributed by atoms with E-state index in [0.717, 1.165) is 18.6 Å². The molecule has 1 amide bonds. The van der Waals surface area contributed by atoms with E-state index < -0.39 is 15.8 Å². The van der Waals surface area contributed by atoms with Crippen LogP contribution in [0, 0.1) is 0 Å². The number of amides is 1. The zero-order chi connectivity index (χ0) is 22.0. The lowest BCUT2D eigenvalue weighted by Crippen LogP contribution is -2.43. The second-order valence-electron chi connectivity index (χ2n) is 7.16. The lowest BCUT2D eigenvalue weighted by molar-refractivity contribution is -0.153. The molecule has 1 fully saturated rings. The molecule has 168 valence electrons. The number of hydrogen-bond donors (Lipinski definition) is 0. The first-order chi connectivity index (χ1) is 14.3. The Kier molecular flexibility index (Phi) is 9.42. The Morgan fingerprint density at radius 2 is 1.77 bits per heavy atom. The van der Waals surface area contributed by atoms with Gasteiger partial charge < -0.3 is 19.1 Å². The highest BCUT2D eigenvalue weighted by Gasteiger charge is 2.34. The molecule has 0 bridgehead atoms. The van der Waals surface area contributed by atoms with Crippen molar-refractivity contribution < 1.29 is 32.2 Å². The molecular weight excluding hydrogens is 410 g/mol. The Morgan fingerprint density at radius 3 is 2.33 bits per heavy atom. The number of ether oxygens (including phenoxy) is 3. The highest BCUT2D eigenvalue weighted by Crippen LogP contribution is 2.19. The standard InChI is InChI=1S/C21H31NO7S/c1-3-5-12-22(17-11-14-30(25,26)16-17)20(23)15-29-21(24)10-13-28-19-8-6-18(7-9-19)27-4-2/h6-9,17H,3-5,10-16H2,1-2H3. The largest absolute Gasteiger partial charge is 0.494 e. The first-order valence-electron chi connectivity index (χ1n) is 10.4. The Bertz CT molecular complexity index is 792. The Balaban J connectivity index is 1.75. The molecule has 2 rings (SSSR count). The lowest BCUT2D eigenvalue weighted by Gasteiger charge is -2.28. The second-order valence-corrected chi connectivity index (χ2v) is 9.39. The number of sulfone groups is 1. The summed E-state index contributed by atoms with van der Waals surface area (Å²) in [5.74, 6) is 0.527. The van der Waals surface area contributed by atoms with Gasteiger partial charge in [0.05, 0.1) is 31.1 Å². The molecule has 0 N–H and O–H groups in total. The van der Waals surface area contributed by atoms with Crippen LogP contribution < -0.4 is 9.47 Å². The summed E-state index contributed by atoms with van der Waals surface area (Å²) in [5, 5.41) is 0. The Labute approximate surface area is 178 Å². The minimum absolute atomic E-state index is 0.00720. The van der Waals surface area contributed by atoms with Crippen molar-refractivity contribution in [1.82, 2.24) is 4.90 Å². The summed E-state index contributed by atoms with van der Waals surface area (Å²) in [7, 11) is -3.10. The zero-order valence-corrected chi connectivity index (χ0v) is 18.5. The molecule has 0 aromatic heterocycles. The van der Waals surface area contributed by atoms with Crippen molar-refractivity contribution in [1.29, 1.82) is 0 Å². The van der Waals surface area contributed by atoms with Gasteiger partial charge in [0.2, 0.25) is 0 Å². The molecule has 0 radical (unpaired) electrons. The summed E-state index contributed by atoms with van der Waals surface area (Å²) < 4.78 is 39.4. The molecular formula is C21H31NO7S. The van der Waals surface area contributed by atoms with E-state index in [1.54, 1.807) is 29.2 Å². The van der Waals surface area contributed by atoms with Gasteiger partial charge in [0.25, 0.3) is 5.91 Å². The van der Waals surface area contributed by atoms with Crippen molar-refractivity contribution in [2.24, 2.45) is 0 Å². The van der Waals surface area contributed by atoms with Crippen LogP contribution in [0.25, 0.3) is 0 Å². The summed E-state index contributed by atoms with van der Waals surface area (Å²) in [6.45, 7) is 4.69. The Morgan fingerprint density at radius 1 is 1.10 bits per heavy atom. The van der Waals surface area contributed by atoms with Gasteiger partial charge in [0.1, 0.15) is 11.5 Å². The minimum Gasteiger partial charge on any atom is -0.494 e. The van der Waals surface area contributed by atoms with Crippen LogP contribution in [0.5, 0.6) is 11.5 Å². The van der Waals surface area contributed by atoms with Crippen LogP contribution in [0.4, 0.5) is 0 Å². The predicted molar refractivity (Wildman–Crippen MR) is 112 cm³/mol. The van der Waals surface area contributed by atoms with Crippen LogP contribution in [0.1, 0.15) is 39.5 Å². The van der Waals surface area contributed by atoms with Crippen molar-refractivity contribution in [2.75, 3.05) is 37.9 Å². The van der Waals surface area contributed by atoms with E-state index in [4.69, 9.17) is 14.2 Å². The van der Waals surface area contributed by atoms with Crippen molar-refractivity contribution >= 4 is 21.7 Å². The first-order valence-corrected chi connectivity index (χ1v) is 12.2. The normalized spacial score (nSPS) is 17.3. The molecule has 1 saturated heterocycles. The summed E-state index contributed by atoms with van der Waals surface area (Å²) in [5.41, 5.74) is 0. The first kappa shape index (κ1) is 24.0. The fourth-order valence-electron chi connectivity index (χ4n) is 3.21. The quantitative estimate of drug-likeness (QED) is 0.459. The fourth-order valence-corrected chi connectivity index (χ4v) is 4.94. The molecule has 0 spiro atoms. The molecule has 0 aliphatic carbocycles. The molecule has 1 aliphatic rings. The van der Waals surface area contributed by atoms with Crippen LogP contribution in [0.2, 0.25) is 0 Å². The number of benzene rings is 1. The third kappa shape index (κ3) is 7.85. The van der Waals surface area contributed by atoms with Crippen LogP contribution in [0.15, 0.2) is 24.3 Å². The molecule has 0 saturated carbocycles. The fraction of sp³-hybridized carbons (Fsp3) is 0.619. The van der Waals surface area contributed by atoms with Gasteiger partial charge in [-0.15, -0.1) is 0 Å². The highest BCUT2D eigenvalue weighted by atomic mass is 32.2. The van der Waals surface area contributed by atoms with Gasteiger partial charge in [0, 0.05) is 12.6 Å². The molecule has 1 heterocycles. The highest BCUT2D eigenvalue weighted by molar-refractivity contribution is 7.91. The van der Waals surface area contributed by atoms with E-state index in [1.165, 1.54) is 0 Å². The van der Waals surface area contributed by atoms with Crippen molar-refractivity contribution in [3.63, 3.8) is 0 Å². The number of carbonyl (C=O) groups excluding carboxylic acids is 2. The average molecular weight is 442 g/mol. The predicted octanol–water partition coefficient (Wildman–Crippen LogP) is 2.21. The van der Waals surface area contributed by atoms with Crippen LogP contribution in [-0.2, 0) is 24.2 Å². The lowest BCUT2D eigenvalue weighted by atomic mass is 10.2. The van der Waals surface area contributed by atoms with Gasteiger partial charge in [-0.2, -0.15) is 0 Å². The maximum atomic E-state index is 12.5. The Hall–Kier alpha value is -2.29. The van der Waals surface area contributed by atoms with Gasteiger partial charge in [0.15, 0.2) is 16.4 Å². The number of esters is 1. The van der Waals surface area contributed by atoms with E-state index in [2.05, 4.69) is 0 Å². The second kappa shape index (κ2) is 11.8.